The molecule has 2 atom stereocenters. The molecule has 0 rings (SSSR count). The molecule has 1 N–H and O–H groups in total. The first-order valence-corrected chi connectivity index (χ1v) is 6.14. The molecule has 0 amide bonds. The largest absolute Gasteiger partial charge is 0.441 e. The van der Waals surface area contributed by atoms with Gasteiger partial charge in [0.25, 0.3) is 0 Å². The third kappa shape index (κ3) is 7.06. The van der Waals surface area contributed by atoms with Crippen LogP contribution in [0.3, 0.4) is 0 Å². The molecule has 0 saturated carbocycles. The molecule has 0 heterocycles. The van der Waals surface area contributed by atoms with E-state index in [0.717, 1.165) is 0 Å². The van der Waals surface area contributed by atoms with Gasteiger partial charge in [-0.3, -0.25) is 0 Å². The van der Waals surface area contributed by atoms with Crippen molar-refractivity contribution < 1.29 is 13.2 Å². The van der Waals surface area contributed by atoms with E-state index in [2.05, 4.69) is 19.2 Å². The Labute approximate surface area is 94.2 Å². The molecule has 0 bridgehead atoms. The maximum Gasteiger partial charge on any atom is 0.441 e. The molecule has 1 nitrogen and oxygen atoms in total. The van der Waals surface area contributed by atoms with E-state index in [4.69, 9.17) is 0 Å². The standard InChI is InChI=1S/C10H20F3NS/c1-7(2)9(8(3)14-4)5-6-15-10(11,12)13/h7-9,14H,5-6H2,1-4H3. The highest BCUT2D eigenvalue weighted by atomic mass is 32.2. The summed E-state index contributed by atoms with van der Waals surface area (Å²) in [5.41, 5.74) is -4.09. The maximum atomic E-state index is 11.9. The van der Waals surface area contributed by atoms with E-state index in [1.54, 1.807) is 0 Å². The SMILES string of the molecule is CNC(C)C(CCSC(F)(F)F)C(C)C. The molecule has 5 heteroatoms. The summed E-state index contributed by atoms with van der Waals surface area (Å²) < 4.78 is 35.8. The monoisotopic (exact) mass is 243 g/mol. The van der Waals surface area contributed by atoms with Crippen LogP contribution in [0.15, 0.2) is 0 Å². The molecule has 0 saturated heterocycles. The van der Waals surface area contributed by atoms with Crippen LogP contribution < -0.4 is 5.32 Å². The van der Waals surface area contributed by atoms with Crippen LogP contribution in [0.25, 0.3) is 0 Å². The zero-order chi connectivity index (χ0) is 12.1. The van der Waals surface area contributed by atoms with E-state index in [9.17, 15) is 13.2 Å². The van der Waals surface area contributed by atoms with Crippen LogP contribution in [0.1, 0.15) is 27.2 Å². The summed E-state index contributed by atoms with van der Waals surface area (Å²) in [6.07, 6.45) is 0.601. The van der Waals surface area contributed by atoms with Gasteiger partial charge in [0.2, 0.25) is 0 Å². The molecule has 0 spiro atoms. The molecule has 0 aromatic carbocycles. The van der Waals surface area contributed by atoms with Gasteiger partial charge < -0.3 is 5.32 Å². The van der Waals surface area contributed by atoms with E-state index >= 15 is 0 Å². The molecular formula is C10H20F3NS. The topological polar surface area (TPSA) is 12.0 Å². The molecule has 0 aliphatic rings. The molecule has 15 heavy (non-hydrogen) atoms. The van der Waals surface area contributed by atoms with Crippen LogP contribution in [0, 0.1) is 11.8 Å². The van der Waals surface area contributed by atoms with Crippen molar-refractivity contribution in [3.05, 3.63) is 0 Å². The van der Waals surface area contributed by atoms with Crippen LogP contribution in [0.4, 0.5) is 13.2 Å². The van der Waals surface area contributed by atoms with Gasteiger partial charge in [-0.25, -0.2) is 0 Å². The molecule has 0 aliphatic heterocycles. The maximum absolute atomic E-state index is 11.9. The van der Waals surface area contributed by atoms with Crippen molar-refractivity contribution in [1.82, 2.24) is 5.32 Å². The molecule has 2 unspecified atom stereocenters. The average molecular weight is 243 g/mol. The van der Waals surface area contributed by atoms with Crippen molar-refractivity contribution in [3.63, 3.8) is 0 Å². The van der Waals surface area contributed by atoms with Crippen molar-refractivity contribution in [3.8, 4) is 0 Å². The van der Waals surface area contributed by atoms with Crippen LogP contribution in [0.2, 0.25) is 0 Å². The molecule has 0 aliphatic carbocycles. The zero-order valence-electron chi connectivity index (χ0n) is 9.69. The average Bonchev–Trinajstić information content (AvgIpc) is 2.09. The highest BCUT2D eigenvalue weighted by Gasteiger charge is 2.29. The lowest BCUT2D eigenvalue weighted by molar-refractivity contribution is -0.0328. The number of hydrogen-bond donors (Lipinski definition) is 1. The summed E-state index contributed by atoms with van der Waals surface area (Å²) in [7, 11) is 1.84. The van der Waals surface area contributed by atoms with E-state index < -0.39 is 5.51 Å². The Bertz CT molecular complexity index is 171. The van der Waals surface area contributed by atoms with Crippen molar-refractivity contribution in [2.45, 2.75) is 38.7 Å². The Morgan fingerprint density at radius 1 is 1.20 bits per heavy atom. The summed E-state index contributed by atoms with van der Waals surface area (Å²) in [6, 6.07) is 0.263. The van der Waals surface area contributed by atoms with Gasteiger partial charge in [-0.05, 0) is 32.2 Å². The molecular weight excluding hydrogens is 223 g/mol. The molecule has 0 radical (unpaired) electrons. The number of rotatable bonds is 6. The first kappa shape index (κ1) is 15.1. The van der Waals surface area contributed by atoms with Crippen LogP contribution >= 0.6 is 11.8 Å². The Morgan fingerprint density at radius 2 is 1.73 bits per heavy atom. The van der Waals surface area contributed by atoms with Crippen LogP contribution in [-0.4, -0.2) is 24.4 Å². The van der Waals surface area contributed by atoms with Gasteiger partial charge in [0.05, 0.1) is 0 Å². The fourth-order valence-corrected chi connectivity index (χ4v) is 2.31. The van der Waals surface area contributed by atoms with Gasteiger partial charge in [0.1, 0.15) is 0 Å². The van der Waals surface area contributed by atoms with Gasteiger partial charge in [0.15, 0.2) is 0 Å². The predicted octanol–water partition coefficient (Wildman–Crippen LogP) is 3.51. The minimum absolute atomic E-state index is 0.0794. The molecule has 0 aromatic rings. The second-order valence-corrected chi connectivity index (χ2v) is 5.23. The normalized spacial score (nSPS) is 16.8. The quantitative estimate of drug-likeness (QED) is 0.766. The Balaban J connectivity index is 3.98. The van der Waals surface area contributed by atoms with Crippen LogP contribution in [0.5, 0.6) is 0 Å². The minimum atomic E-state index is -4.09. The van der Waals surface area contributed by atoms with E-state index in [-0.39, 0.29) is 23.6 Å². The van der Waals surface area contributed by atoms with Gasteiger partial charge in [0, 0.05) is 11.8 Å². The van der Waals surface area contributed by atoms with Gasteiger partial charge in [-0.15, -0.1) is 0 Å². The number of thioether (sulfide) groups is 1. The second kappa shape index (κ2) is 6.63. The Hall–Kier alpha value is 0.100. The Kier molecular flexibility index (Phi) is 6.68. The number of hydrogen-bond acceptors (Lipinski definition) is 2. The van der Waals surface area contributed by atoms with Gasteiger partial charge >= 0.3 is 5.51 Å². The third-order valence-corrected chi connectivity index (χ3v) is 3.44. The zero-order valence-corrected chi connectivity index (χ0v) is 10.5. The lowest BCUT2D eigenvalue weighted by Crippen LogP contribution is -2.34. The van der Waals surface area contributed by atoms with E-state index in [0.29, 0.717) is 18.3 Å². The molecule has 92 valence electrons. The summed E-state index contributed by atoms with van der Waals surface area (Å²) >= 11 is 0.0794. The second-order valence-electron chi connectivity index (χ2n) is 4.07. The van der Waals surface area contributed by atoms with Crippen molar-refractivity contribution in [2.24, 2.45) is 11.8 Å². The summed E-state index contributed by atoms with van der Waals surface area (Å²) in [5.74, 6) is 0.851. The minimum Gasteiger partial charge on any atom is -0.317 e. The summed E-state index contributed by atoms with van der Waals surface area (Å²) in [4.78, 5) is 0. The highest BCUT2D eigenvalue weighted by Crippen LogP contribution is 2.32. The highest BCUT2D eigenvalue weighted by molar-refractivity contribution is 8.00. The first-order valence-electron chi connectivity index (χ1n) is 5.16. The van der Waals surface area contributed by atoms with Crippen molar-refractivity contribution in [1.29, 1.82) is 0 Å². The third-order valence-electron chi connectivity index (χ3n) is 2.67. The van der Waals surface area contributed by atoms with Crippen molar-refractivity contribution >= 4 is 11.8 Å². The number of halogens is 3. The van der Waals surface area contributed by atoms with E-state index in [1.807, 2.05) is 14.0 Å². The smallest absolute Gasteiger partial charge is 0.317 e. The van der Waals surface area contributed by atoms with E-state index in [1.165, 1.54) is 0 Å². The lowest BCUT2D eigenvalue weighted by atomic mass is 9.87. The fraction of sp³-hybridized carbons (Fsp3) is 1.00. The van der Waals surface area contributed by atoms with Gasteiger partial charge in [-0.2, -0.15) is 13.2 Å². The number of nitrogens with one attached hydrogen (secondary N) is 1. The fourth-order valence-electron chi connectivity index (χ4n) is 1.69. The molecule has 0 fully saturated rings. The Morgan fingerprint density at radius 3 is 2.07 bits per heavy atom. The first-order chi connectivity index (χ1) is 6.78. The summed E-state index contributed by atoms with van der Waals surface area (Å²) in [5, 5.41) is 3.10. The predicted molar refractivity (Wildman–Crippen MR) is 60.0 cm³/mol. The molecule has 0 aromatic heterocycles. The van der Waals surface area contributed by atoms with Crippen molar-refractivity contribution in [2.75, 3.05) is 12.8 Å². The van der Waals surface area contributed by atoms with Gasteiger partial charge in [-0.1, -0.05) is 25.6 Å². The number of alkyl halides is 3. The summed E-state index contributed by atoms with van der Waals surface area (Å²) in [6.45, 7) is 6.12. The lowest BCUT2D eigenvalue weighted by Gasteiger charge is -2.27. The van der Waals surface area contributed by atoms with Crippen LogP contribution in [-0.2, 0) is 0 Å².